The van der Waals surface area contributed by atoms with Crippen LogP contribution in [0.4, 0.5) is 11.6 Å². The van der Waals surface area contributed by atoms with Gasteiger partial charge in [-0.2, -0.15) is 0 Å². The molecule has 0 spiro atoms. The van der Waals surface area contributed by atoms with E-state index < -0.39 is 0 Å². The van der Waals surface area contributed by atoms with Gasteiger partial charge in [0.25, 0.3) is 5.91 Å². The van der Waals surface area contributed by atoms with Gasteiger partial charge in [0.2, 0.25) is 11.9 Å². The molecule has 2 aromatic carbocycles. The fourth-order valence-electron chi connectivity index (χ4n) is 4.50. The first kappa shape index (κ1) is 22.7. The van der Waals surface area contributed by atoms with Crippen LogP contribution in [-0.2, 0) is 18.4 Å². The molecule has 0 radical (unpaired) electrons. The maximum atomic E-state index is 12.7. The first-order valence-corrected chi connectivity index (χ1v) is 12.3. The summed E-state index contributed by atoms with van der Waals surface area (Å²) in [5.74, 6) is 0.670. The number of aromatic nitrogens is 2. The van der Waals surface area contributed by atoms with Crippen LogP contribution in [0.1, 0.15) is 61.4 Å². The second-order valence-electron chi connectivity index (χ2n) is 9.84. The molecule has 0 atom stereocenters. The number of hydrogen-bond donors (Lipinski definition) is 3. The molecule has 1 heterocycles. The van der Waals surface area contributed by atoms with Crippen LogP contribution in [0.2, 0.25) is 5.02 Å². The normalized spacial score (nSPS) is 17.0. The third kappa shape index (κ3) is 4.62. The third-order valence-corrected chi connectivity index (χ3v) is 7.44. The average molecular weight is 480 g/mol. The molecular formula is C26H30ClN5O2. The van der Waals surface area contributed by atoms with Gasteiger partial charge < -0.3 is 20.5 Å². The molecule has 5 rings (SSSR count). The van der Waals surface area contributed by atoms with E-state index in [0.717, 1.165) is 42.3 Å². The molecule has 2 aliphatic carbocycles. The molecule has 0 saturated heterocycles. The van der Waals surface area contributed by atoms with Crippen molar-refractivity contribution >= 4 is 46.1 Å². The molecule has 3 aromatic rings. The average Bonchev–Trinajstić information content (AvgIpc) is 3.24. The monoisotopic (exact) mass is 479 g/mol. The minimum Gasteiger partial charge on any atom is -0.352 e. The molecular weight excluding hydrogens is 450 g/mol. The van der Waals surface area contributed by atoms with Gasteiger partial charge >= 0.3 is 0 Å². The Hall–Kier alpha value is -3.06. The lowest BCUT2D eigenvalue weighted by Crippen LogP contribution is -2.32. The van der Waals surface area contributed by atoms with Gasteiger partial charge in [-0.25, -0.2) is 4.98 Å². The van der Waals surface area contributed by atoms with Crippen LogP contribution in [0, 0.1) is 5.41 Å². The number of carbonyl (C=O) groups is 2. The van der Waals surface area contributed by atoms with E-state index in [-0.39, 0.29) is 23.3 Å². The second kappa shape index (κ2) is 8.95. The second-order valence-corrected chi connectivity index (χ2v) is 10.2. The number of hydrogen-bond acceptors (Lipinski definition) is 4. The lowest BCUT2D eigenvalue weighted by Gasteiger charge is -2.13. The van der Waals surface area contributed by atoms with Crippen molar-refractivity contribution < 1.29 is 9.59 Å². The van der Waals surface area contributed by atoms with Crippen LogP contribution in [0.3, 0.4) is 0 Å². The van der Waals surface area contributed by atoms with E-state index >= 15 is 0 Å². The van der Waals surface area contributed by atoms with Crippen LogP contribution in [0.5, 0.6) is 0 Å². The summed E-state index contributed by atoms with van der Waals surface area (Å²) in [6.45, 7) is 2.44. The molecule has 2 fully saturated rings. The van der Waals surface area contributed by atoms with Crippen molar-refractivity contribution in [2.75, 3.05) is 5.32 Å². The van der Waals surface area contributed by atoms with E-state index in [2.05, 4.69) is 16.0 Å². The first-order valence-electron chi connectivity index (χ1n) is 11.9. The molecule has 1 aromatic heterocycles. The van der Waals surface area contributed by atoms with E-state index in [1.54, 1.807) is 0 Å². The number of imidazole rings is 1. The highest BCUT2D eigenvalue weighted by Crippen LogP contribution is 2.45. The quantitative estimate of drug-likeness (QED) is 0.442. The van der Waals surface area contributed by atoms with E-state index in [9.17, 15) is 9.59 Å². The topological polar surface area (TPSA) is 88.1 Å². The lowest BCUT2D eigenvalue weighted by molar-refractivity contribution is -0.125. The standard InChI is InChI=1S/C26H30ClN5O2/c1-26(11-12-26)24(34)28-15-16-7-9-19(27)20(13-16)30-25-31-21-14-17(8-10-22(21)32(25)2)23(33)29-18-5-3-4-6-18/h7-10,13-14,18H,3-6,11-12,15H2,1-2H3,(H,28,34)(H,29,33)(H,30,31). The Morgan fingerprint density at radius 3 is 2.65 bits per heavy atom. The first-order chi connectivity index (χ1) is 16.3. The number of aryl methyl sites for hydroxylation is 1. The van der Waals surface area contributed by atoms with Crippen LogP contribution in [0.25, 0.3) is 11.0 Å². The number of carbonyl (C=O) groups excluding carboxylic acids is 2. The van der Waals surface area contributed by atoms with Gasteiger partial charge in [-0.05, 0) is 61.6 Å². The molecule has 7 nitrogen and oxygen atoms in total. The van der Waals surface area contributed by atoms with Crippen LogP contribution >= 0.6 is 11.6 Å². The maximum Gasteiger partial charge on any atom is 0.251 e. The Morgan fingerprint density at radius 1 is 1.15 bits per heavy atom. The summed E-state index contributed by atoms with van der Waals surface area (Å²) in [6.07, 6.45) is 6.35. The third-order valence-electron chi connectivity index (χ3n) is 7.11. The highest BCUT2D eigenvalue weighted by atomic mass is 35.5. The van der Waals surface area contributed by atoms with Crippen molar-refractivity contribution in [3.8, 4) is 0 Å². The summed E-state index contributed by atoms with van der Waals surface area (Å²) in [5, 5.41) is 10.0. The Bertz CT molecular complexity index is 1260. The summed E-state index contributed by atoms with van der Waals surface area (Å²) in [5.41, 5.74) is 3.73. The smallest absolute Gasteiger partial charge is 0.251 e. The van der Waals surface area contributed by atoms with Crippen LogP contribution in [-0.4, -0.2) is 27.4 Å². The summed E-state index contributed by atoms with van der Waals surface area (Å²) >= 11 is 6.45. The number of fused-ring (bicyclic) bond motifs is 1. The fourth-order valence-corrected chi connectivity index (χ4v) is 4.67. The summed E-state index contributed by atoms with van der Waals surface area (Å²) in [6, 6.07) is 11.5. The van der Waals surface area contributed by atoms with Crippen molar-refractivity contribution in [3.63, 3.8) is 0 Å². The van der Waals surface area contributed by atoms with Gasteiger partial charge in [0, 0.05) is 30.6 Å². The minimum atomic E-state index is -0.201. The molecule has 0 unspecified atom stereocenters. The minimum absolute atomic E-state index is 0.0492. The van der Waals surface area contributed by atoms with Gasteiger partial charge in [0.05, 0.1) is 21.7 Å². The van der Waals surface area contributed by atoms with Gasteiger partial charge in [-0.1, -0.05) is 37.4 Å². The maximum absolute atomic E-state index is 12.7. The number of anilines is 2. The molecule has 178 valence electrons. The Balaban J connectivity index is 1.32. The van der Waals surface area contributed by atoms with Crippen molar-refractivity contribution in [1.29, 1.82) is 0 Å². The summed E-state index contributed by atoms with van der Waals surface area (Å²) in [7, 11) is 1.92. The van der Waals surface area contributed by atoms with Crippen molar-refractivity contribution in [1.82, 2.24) is 20.2 Å². The predicted octanol–water partition coefficient (Wildman–Crippen LogP) is 5.06. The number of halogens is 1. The highest BCUT2D eigenvalue weighted by molar-refractivity contribution is 6.33. The van der Waals surface area contributed by atoms with E-state index in [0.29, 0.717) is 28.8 Å². The van der Waals surface area contributed by atoms with Gasteiger partial charge in [0.1, 0.15) is 0 Å². The van der Waals surface area contributed by atoms with E-state index in [1.807, 2.05) is 54.9 Å². The zero-order chi connectivity index (χ0) is 23.9. The van der Waals surface area contributed by atoms with Crippen LogP contribution < -0.4 is 16.0 Å². The number of amides is 2. The zero-order valence-electron chi connectivity index (χ0n) is 19.6. The Kier molecular flexibility index (Phi) is 5.98. The van der Waals surface area contributed by atoms with E-state index in [4.69, 9.17) is 16.6 Å². The molecule has 0 bridgehead atoms. The lowest BCUT2D eigenvalue weighted by atomic mass is 10.1. The van der Waals surface area contributed by atoms with Crippen LogP contribution in [0.15, 0.2) is 36.4 Å². The largest absolute Gasteiger partial charge is 0.352 e. The predicted molar refractivity (Wildman–Crippen MR) is 134 cm³/mol. The van der Waals surface area contributed by atoms with Gasteiger partial charge in [0.15, 0.2) is 0 Å². The van der Waals surface area contributed by atoms with Gasteiger partial charge in [-0.3, -0.25) is 9.59 Å². The molecule has 2 saturated carbocycles. The Labute approximate surface area is 204 Å². The number of nitrogens with one attached hydrogen (secondary N) is 3. The zero-order valence-corrected chi connectivity index (χ0v) is 20.3. The molecule has 3 N–H and O–H groups in total. The number of nitrogens with zero attached hydrogens (tertiary/aromatic N) is 2. The molecule has 0 aliphatic heterocycles. The SMILES string of the molecule is Cn1c(Nc2cc(CNC(=O)C3(C)CC3)ccc2Cl)nc2cc(C(=O)NC3CCCC3)ccc21. The van der Waals surface area contributed by atoms with E-state index in [1.165, 1.54) is 12.8 Å². The number of rotatable bonds is 7. The molecule has 8 heteroatoms. The Morgan fingerprint density at radius 2 is 1.91 bits per heavy atom. The molecule has 2 aliphatic rings. The van der Waals surface area contributed by atoms with Crippen molar-refractivity contribution in [2.24, 2.45) is 12.5 Å². The molecule has 2 amide bonds. The number of benzene rings is 2. The van der Waals surface area contributed by atoms with Crippen molar-refractivity contribution in [3.05, 3.63) is 52.5 Å². The summed E-state index contributed by atoms with van der Waals surface area (Å²) < 4.78 is 1.94. The highest BCUT2D eigenvalue weighted by Gasteiger charge is 2.44. The fraction of sp³-hybridized carbons (Fsp3) is 0.423. The van der Waals surface area contributed by atoms with Crippen molar-refractivity contribution in [2.45, 2.75) is 58.0 Å². The van der Waals surface area contributed by atoms with Gasteiger partial charge in [-0.15, -0.1) is 0 Å². The molecule has 34 heavy (non-hydrogen) atoms. The summed E-state index contributed by atoms with van der Waals surface area (Å²) in [4.78, 5) is 29.7.